The maximum atomic E-state index is 13.2. The van der Waals surface area contributed by atoms with Gasteiger partial charge in [-0.1, -0.05) is 61.7 Å². The molecule has 2 fully saturated rings. The molecule has 1 saturated carbocycles. The van der Waals surface area contributed by atoms with Crippen molar-refractivity contribution in [2.45, 2.75) is 64.8 Å². The van der Waals surface area contributed by atoms with E-state index in [1.807, 2.05) is 26.0 Å². The van der Waals surface area contributed by atoms with Gasteiger partial charge in [-0.3, -0.25) is 14.5 Å². The van der Waals surface area contributed by atoms with Crippen LogP contribution in [0.5, 0.6) is 0 Å². The summed E-state index contributed by atoms with van der Waals surface area (Å²) >= 11 is 0. The first-order chi connectivity index (χ1) is 18.2. The first-order valence-corrected chi connectivity index (χ1v) is 13.1. The topological polar surface area (TPSA) is 92.9 Å². The molecule has 1 N–H and O–H groups in total. The number of carbonyl (C=O) groups is 2. The van der Waals surface area contributed by atoms with Crippen molar-refractivity contribution in [2.75, 3.05) is 7.11 Å². The minimum absolute atomic E-state index is 0.0862. The van der Waals surface area contributed by atoms with Gasteiger partial charge >= 0.3 is 0 Å². The number of Topliss-reactive ketones (excluding diaryl/α,β-unsaturated/α-hetero) is 1. The molecule has 0 spiro atoms. The van der Waals surface area contributed by atoms with Crippen molar-refractivity contribution in [3.05, 3.63) is 102 Å². The molecule has 1 aromatic heterocycles. The third-order valence-corrected chi connectivity index (χ3v) is 6.86. The normalized spacial score (nSPS) is 21.8. The quantitative estimate of drug-likeness (QED) is 0.150. The van der Waals surface area contributed by atoms with Crippen LogP contribution >= 0.6 is 0 Å². The van der Waals surface area contributed by atoms with Gasteiger partial charge in [0.05, 0.1) is 24.4 Å². The van der Waals surface area contributed by atoms with Crippen molar-refractivity contribution in [2.24, 2.45) is 5.92 Å². The third-order valence-electron chi connectivity index (χ3n) is 6.86. The van der Waals surface area contributed by atoms with E-state index < -0.39 is 17.7 Å². The summed E-state index contributed by atoms with van der Waals surface area (Å²) < 4.78 is 9.74. The molecule has 7 nitrogen and oxygen atoms in total. The predicted molar refractivity (Wildman–Crippen MR) is 148 cm³/mol. The number of methoxy groups -OCH3 is 1. The second-order valence-corrected chi connectivity index (χ2v) is 9.81. The molecule has 7 heteroatoms. The average Bonchev–Trinajstić information content (AvgIpc) is 3.24. The van der Waals surface area contributed by atoms with Crippen LogP contribution in [0, 0.1) is 12.8 Å². The summed E-state index contributed by atoms with van der Waals surface area (Å²) in [7, 11) is 1.59. The summed E-state index contributed by atoms with van der Waals surface area (Å²) in [6.45, 7) is 11.7. The number of ether oxygens (including phenoxy) is 1. The predicted octanol–water partition coefficient (Wildman–Crippen LogP) is 6.59. The molecule has 1 aromatic rings. The number of rotatable bonds is 6. The van der Waals surface area contributed by atoms with Gasteiger partial charge in [0, 0.05) is 17.3 Å². The third kappa shape index (κ3) is 7.12. The number of hydrogen-bond acceptors (Lipinski definition) is 6. The molecule has 2 aliphatic carbocycles. The van der Waals surface area contributed by atoms with E-state index in [-0.39, 0.29) is 17.3 Å². The monoisotopic (exact) mass is 518 g/mol. The van der Waals surface area contributed by atoms with Crippen molar-refractivity contribution < 1.29 is 24.0 Å². The van der Waals surface area contributed by atoms with Crippen LogP contribution in [0.2, 0.25) is 0 Å². The summed E-state index contributed by atoms with van der Waals surface area (Å²) in [6.07, 6.45) is 19.0. The van der Waals surface area contributed by atoms with E-state index in [0.29, 0.717) is 23.5 Å². The zero-order valence-corrected chi connectivity index (χ0v) is 22.6. The first kappa shape index (κ1) is 28.7. The standard InChI is InChI=1S/C27H33NO4.C4H5NO/c1-18(2)14-15-19(3)28-24(20-10-7-5-6-8-11-20)23(26(30)27(28)31)25(29)21-12-9-13-22(32-4)17-16-21;1-4-2-3-6-5-4/h12-17,20,24,29H,1,3,5-11H2,2,4H3;2-3H,1H3/b15-14-,25-23-;. The molecule has 202 valence electrons. The highest BCUT2D eigenvalue weighted by molar-refractivity contribution is 6.46. The van der Waals surface area contributed by atoms with E-state index >= 15 is 0 Å². The van der Waals surface area contributed by atoms with Gasteiger partial charge in [0.2, 0.25) is 0 Å². The number of likely N-dealkylation sites (tertiary alicyclic amines) is 1. The Hall–Kier alpha value is -3.87. The van der Waals surface area contributed by atoms with Gasteiger partial charge in [-0.2, -0.15) is 0 Å². The Labute approximate surface area is 225 Å². The lowest BCUT2D eigenvalue weighted by molar-refractivity contribution is -0.138. The van der Waals surface area contributed by atoms with Crippen LogP contribution in [0.3, 0.4) is 0 Å². The van der Waals surface area contributed by atoms with Crippen LogP contribution in [-0.2, 0) is 14.3 Å². The molecule has 38 heavy (non-hydrogen) atoms. The fourth-order valence-electron chi connectivity index (χ4n) is 4.93. The van der Waals surface area contributed by atoms with Crippen molar-refractivity contribution in [1.29, 1.82) is 0 Å². The molecule has 1 amide bonds. The number of amides is 1. The van der Waals surface area contributed by atoms with Crippen LogP contribution in [0.1, 0.15) is 57.6 Å². The van der Waals surface area contributed by atoms with Gasteiger partial charge in [-0.25, -0.2) is 0 Å². The summed E-state index contributed by atoms with van der Waals surface area (Å²) in [6, 6.07) is 1.28. The van der Waals surface area contributed by atoms with E-state index in [0.717, 1.165) is 49.8 Å². The van der Waals surface area contributed by atoms with Crippen molar-refractivity contribution >= 4 is 11.7 Å². The van der Waals surface area contributed by atoms with E-state index in [2.05, 4.69) is 22.8 Å². The Morgan fingerprint density at radius 3 is 2.39 bits per heavy atom. The molecule has 1 atom stereocenters. The minimum atomic E-state index is -0.653. The van der Waals surface area contributed by atoms with Gasteiger partial charge in [0.1, 0.15) is 17.8 Å². The Kier molecular flexibility index (Phi) is 10.3. The lowest BCUT2D eigenvalue weighted by Crippen LogP contribution is -2.38. The van der Waals surface area contributed by atoms with Gasteiger partial charge in [0.25, 0.3) is 11.7 Å². The Balaban J connectivity index is 0.000000585. The SMILES string of the molecule is C=C(C)/C=C\C(=C)N1C(=O)C(=O)/C(=C(\O)C2=CCC=C(OC)C=C2)C1C1CCCCCC1.Cc1ccon1. The number of nitrogens with zero attached hydrogens (tertiary/aromatic N) is 2. The first-order valence-electron chi connectivity index (χ1n) is 13.1. The van der Waals surface area contributed by atoms with Crippen molar-refractivity contribution in [1.82, 2.24) is 10.1 Å². The Morgan fingerprint density at radius 1 is 1.13 bits per heavy atom. The molecule has 1 aliphatic heterocycles. The largest absolute Gasteiger partial charge is 0.507 e. The summed E-state index contributed by atoms with van der Waals surface area (Å²) in [5.74, 6) is -0.642. The Morgan fingerprint density at radius 2 is 1.84 bits per heavy atom. The van der Waals surface area contributed by atoms with Gasteiger partial charge < -0.3 is 14.4 Å². The number of aryl methyl sites for hydroxylation is 1. The number of aliphatic hydroxyl groups excluding tert-OH is 1. The van der Waals surface area contributed by atoms with E-state index in [9.17, 15) is 14.7 Å². The number of aromatic nitrogens is 1. The molecule has 0 bridgehead atoms. The maximum Gasteiger partial charge on any atom is 0.299 e. The number of allylic oxidation sites excluding steroid dienone is 7. The van der Waals surface area contributed by atoms with Crippen LogP contribution in [-0.4, -0.2) is 40.0 Å². The van der Waals surface area contributed by atoms with Crippen molar-refractivity contribution in [3.63, 3.8) is 0 Å². The number of aliphatic hydroxyl groups is 1. The molecular weight excluding hydrogens is 480 g/mol. The molecule has 1 saturated heterocycles. The second kappa shape index (κ2) is 13.6. The molecule has 3 aliphatic rings. The minimum Gasteiger partial charge on any atom is -0.507 e. The highest BCUT2D eigenvalue weighted by Gasteiger charge is 2.49. The lowest BCUT2D eigenvalue weighted by atomic mass is 9.85. The molecule has 4 rings (SSSR count). The van der Waals surface area contributed by atoms with Gasteiger partial charge in [0.15, 0.2) is 0 Å². The summed E-state index contributed by atoms with van der Waals surface area (Å²) in [4.78, 5) is 27.8. The number of carbonyl (C=O) groups excluding carboxylic acids is 2. The van der Waals surface area contributed by atoms with Crippen LogP contribution in [0.4, 0.5) is 0 Å². The van der Waals surface area contributed by atoms with Crippen LogP contribution in [0.15, 0.2) is 100 Å². The summed E-state index contributed by atoms with van der Waals surface area (Å²) in [5, 5.41) is 14.8. The molecule has 1 unspecified atom stereocenters. The average molecular weight is 519 g/mol. The van der Waals surface area contributed by atoms with Crippen molar-refractivity contribution in [3.8, 4) is 0 Å². The van der Waals surface area contributed by atoms with Crippen LogP contribution < -0.4 is 0 Å². The van der Waals surface area contributed by atoms with Crippen LogP contribution in [0.25, 0.3) is 0 Å². The van der Waals surface area contributed by atoms with E-state index in [4.69, 9.17) is 4.74 Å². The highest BCUT2D eigenvalue weighted by Crippen LogP contribution is 2.40. The highest BCUT2D eigenvalue weighted by atomic mass is 16.5. The van der Waals surface area contributed by atoms with Gasteiger partial charge in [-0.15, -0.1) is 0 Å². The maximum absolute atomic E-state index is 13.2. The fourth-order valence-corrected chi connectivity index (χ4v) is 4.93. The Bertz CT molecular complexity index is 1190. The van der Waals surface area contributed by atoms with E-state index in [1.54, 1.807) is 43.7 Å². The molecule has 2 heterocycles. The van der Waals surface area contributed by atoms with Gasteiger partial charge in [-0.05, 0) is 63.3 Å². The zero-order valence-electron chi connectivity index (χ0n) is 22.6. The number of hydrogen-bond donors (Lipinski definition) is 1. The second-order valence-electron chi connectivity index (χ2n) is 9.81. The molecular formula is C31H38N2O5. The zero-order chi connectivity index (χ0) is 27.7. The number of ketones is 1. The fraction of sp³-hybridized carbons (Fsp3) is 0.387. The smallest absolute Gasteiger partial charge is 0.299 e. The molecule has 0 aromatic carbocycles. The summed E-state index contributed by atoms with van der Waals surface area (Å²) in [5.41, 5.74) is 2.90. The molecule has 0 radical (unpaired) electrons. The van der Waals surface area contributed by atoms with E-state index in [1.165, 1.54) is 4.90 Å². The lowest BCUT2D eigenvalue weighted by Gasteiger charge is -2.31.